The lowest BCUT2D eigenvalue weighted by molar-refractivity contribution is -0.142. The van der Waals surface area contributed by atoms with Crippen LogP contribution in [0.25, 0.3) is 17.2 Å². The van der Waals surface area contributed by atoms with Gasteiger partial charge in [0.1, 0.15) is 12.7 Å². The van der Waals surface area contributed by atoms with E-state index in [2.05, 4.69) is 0 Å². The standard InChI is InChI=1S/C19H19ClO4/c1-13(19(23)24-12-18(22)11-21)10-14-2-4-15(5-3-14)16-6-8-17(20)9-7-16/h2-10,18,21-22H,11-12H2,1H3/b13-10+. The first-order valence-corrected chi connectivity index (χ1v) is 7.87. The summed E-state index contributed by atoms with van der Waals surface area (Å²) in [6, 6.07) is 15.3. The summed E-state index contributed by atoms with van der Waals surface area (Å²) in [5.41, 5.74) is 3.39. The van der Waals surface area contributed by atoms with Gasteiger partial charge in [-0.2, -0.15) is 0 Å². The minimum Gasteiger partial charge on any atom is -0.459 e. The van der Waals surface area contributed by atoms with Crippen LogP contribution in [0.15, 0.2) is 54.1 Å². The first-order chi connectivity index (χ1) is 11.5. The minimum atomic E-state index is -1.06. The molecule has 0 spiro atoms. The van der Waals surface area contributed by atoms with E-state index in [0.717, 1.165) is 16.7 Å². The molecular formula is C19H19ClO4. The van der Waals surface area contributed by atoms with Crippen LogP contribution in [0.4, 0.5) is 0 Å². The van der Waals surface area contributed by atoms with Gasteiger partial charge in [0.15, 0.2) is 0 Å². The highest BCUT2D eigenvalue weighted by Crippen LogP contribution is 2.22. The lowest BCUT2D eigenvalue weighted by Gasteiger charge is -2.08. The summed E-state index contributed by atoms with van der Waals surface area (Å²) < 4.78 is 4.90. The molecule has 5 heteroatoms. The summed E-state index contributed by atoms with van der Waals surface area (Å²) in [6.07, 6.45) is 0.652. The molecule has 1 atom stereocenters. The third kappa shape index (κ3) is 5.20. The molecule has 0 aliphatic rings. The van der Waals surface area contributed by atoms with Crippen molar-refractivity contribution >= 4 is 23.6 Å². The van der Waals surface area contributed by atoms with Crippen LogP contribution in [0.3, 0.4) is 0 Å². The molecule has 0 amide bonds. The molecule has 0 aromatic heterocycles. The Balaban J connectivity index is 2.04. The maximum Gasteiger partial charge on any atom is 0.333 e. The lowest BCUT2D eigenvalue weighted by Crippen LogP contribution is -2.22. The van der Waals surface area contributed by atoms with Crippen LogP contribution >= 0.6 is 11.6 Å². The summed E-state index contributed by atoms with van der Waals surface area (Å²) in [5.74, 6) is -0.524. The smallest absolute Gasteiger partial charge is 0.333 e. The van der Waals surface area contributed by atoms with Gasteiger partial charge in [0, 0.05) is 10.6 Å². The Kier molecular flexibility index (Phi) is 6.55. The molecule has 0 aliphatic carbocycles. The van der Waals surface area contributed by atoms with Crippen LogP contribution in [0.2, 0.25) is 5.02 Å². The molecule has 2 N–H and O–H groups in total. The zero-order chi connectivity index (χ0) is 17.5. The Labute approximate surface area is 146 Å². The summed E-state index contributed by atoms with van der Waals surface area (Å²) in [6.45, 7) is 0.971. The van der Waals surface area contributed by atoms with Crippen molar-refractivity contribution in [3.05, 3.63) is 64.7 Å². The molecule has 126 valence electrons. The van der Waals surface area contributed by atoms with Gasteiger partial charge in [-0.25, -0.2) is 4.79 Å². The van der Waals surface area contributed by atoms with Crippen LogP contribution in [-0.4, -0.2) is 35.5 Å². The van der Waals surface area contributed by atoms with E-state index >= 15 is 0 Å². The van der Waals surface area contributed by atoms with Gasteiger partial charge < -0.3 is 14.9 Å². The first kappa shape index (κ1) is 18.2. The number of esters is 1. The number of halogens is 1. The van der Waals surface area contributed by atoms with E-state index in [0.29, 0.717) is 10.6 Å². The predicted molar refractivity (Wildman–Crippen MR) is 94.6 cm³/mol. The number of carbonyl (C=O) groups excluding carboxylic acids is 1. The Morgan fingerprint density at radius 1 is 1.12 bits per heavy atom. The maximum atomic E-state index is 11.8. The summed E-state index contributed by atoms with van der Waals surface area (Å²) in [7, 11) is 0. The molecule has 1 unspecified atom stereocenters. The largest absolute Gasteiger partial charge is 0.459 e. The lowest BCUT2D eigenvalue weighted by atomic mass is 10.0. The molecule has 0 fully saturated rings. The zero-order valence-corrected chi connectivity index (χ0v) is 14.0. The number of benzene rings is 2. The van der Waals surface area contributed by atoms with Crippen molar-refractivity contribution in [2.75, 3.05) is 13.2 Å². The molecule has 0 radical (unpaired) electrons. The monoisotopic (exact) mass is 346 g/mol. The molecule has 4 nitrogen and oxygen atoms in total. The Morgan fingerprint density at radius 2 is 1.67 bits per heavy atom. The molecule has 0 saturated heterocycles. The summed E-state index contributed by atoms with van der Waals surface area (Å²) >= 11 is 5.88. The first-order valence-electron chi connectivity index (χ1n) is 7.50. The zero-order valence-electron chi connectivity index (χ0n) is 13.3. The van der Waals surface area contributed by atoms with Gasteiger partial charge in [-0.15, -0.1) is 0 Å². The molecule has 0 bridgehead atoms. The third-order valence-corrected chi connectivity index (χ3v) is 3.66. The van der Waals surface area contributed by atoms with Gasteiger partial charge in [-0.1, -0.05) is 48.0 Å². The number of aliphatic hydroxyl groups is 2. The van der Waals surface area contributed by atoms with Crippen LogP contribution in [0.5, 0.6) is 0 Å². The number of ether oxygens (including phenoxy) is 1. The van der Waals surface area contributed by atoms with Crippen LogP contribution in [0.1, 0.15) is 12.5 Å². The number of hydrogen-bond acceptors (Lipinski definition) is 4. The molecule has 0 heterocycles. The maximum absolute atomic E-state index is 11.8. The molecule has 24 heavy (non-hydrogen) atoms. The van der Waals surface area contributed by atoms with Crippen molar-refractivity contribution in [1.82, 2.24) is 0 Å². The van der Waals surface area contributed by atoms with Crippen LogP contribution in [-0.2, 0) is 9.53 Å². The van der Waals surface area contributed by atoms with Crippen molar-refractivity contribution < 1.29 is 19.7 Å². The predicted octanol–water partition coefficient (Wildman–Crippen LogP) is 3.31. The fourth-order valence-corrected chi connectivity index (χ4v) is 2.19. The van der Waals surface area contributed by atoms with E-state index in [9.17, 15) is 9.90 Å². The van der Waals surface area contributed by atoms with E-state index in [4.69, 9.17) is 21.4 Å². The number of carbonyl (C=O) groups is 1. The van der Waals surface area contributed by atoms with E-state index < -0.39 is 18.7 Å². The average molecular weight is 347 g/mol. The van der Waals surface area contributed by atoms with Gasteiger partial charge in [0.2, 0.25) is 0 Å². The molecule has 0 saturated carbocycles. The van der Waals surface area contributed by atoms with Gasteiger partial charge in [-0.3, -0.25) is 0 Å². The van der Waals surface area contributed by atoms with Crippen molar-refractivity contribution in [3.63, 3.8) is 0 Å². The fraction of sp³-hybridized carbons (Fsp3) is 0.211. The molecule has 2 aromatic carbocycles. The van der Waals surface area contributed by atoms with E-state index in [1.165, 1.54) is 0 Å². The quantitative estimate of drug-likeness (QED) is 0.622. The minimum absolute atomic E-state index is 0.226. The van der Waals surface area contributed by atoms with Gasteiger partial charge >= 0.3 is 5.97 Å². The Hall–Kier alpha value is -2.14. The molecule has 2 aromatic rings. The van der Waals surface area contributed by atoms with Gasteiger partial charge in [0.05, 0.1) is 6.61 Å². The Bertz CT molecular complexity index is 705. The highest BCUT2D eigenvalue weighted by Gasteiger charge is 2.09. The van der Waals surface area contributed by atoms with E-state index in [1.807, 2.05) is 48.5 Å². The summed E-state index contributed by atoms with van der Waals surface area (Å²) in [4.78, 5) is 11.8. The second-order valence-electron chi connectivity index (χ2n) is 5.39. The SMILES string of the molecule is C/C(=C\c1ccc(-c2ccc(Cl)cc2)cc1)C(=O)OCC(O)CO. The van der Waals surface area contributed by atoms with Gasteiger partial charge in [0.25, 0.3) is 0 Å². The highest BCUT2D eigenvalue weighted by molar-refractivity contribution is 6.30. The molecular weight excluding hydrogens is 328 g/mol. The average Bonchev–Trinajstić information content (AvgIpc) is 2.60. The summed E-state index contributed by atoms with van der Waals surface area (Å²) in [5, 5.41) is 18.6. The van der Waals surface area contributed by atoms with Crippen LogP contribution in [0, 0.1) is 0 Å². The second kappa shape index (κ2) is 8.64. The number of aliphatic hydroxyl groups excluding tert-OH is 2. The van der Waals surface area contributed by atoms with E-state index in [-0.39, 0.29) is 6.61 Å². The fourth-order valence-electron chi connectivity index (χ4n) is 2.06. The highest BCUT2D eigenvalue weighted by atomic mass is 35.5. The number of rotatable bonds is 6. The van der Waals surface area contributed by atoms with Crippen molar-refractivity contribution in [2.45, 2.75) is 13.0 Å². The third-order valence-electron chi connectivity index (χ3n) is 3.41. The van der Waals surface area contributed by atoms with Crippen molar-refractivity contribution in [1.29, 1.82) is 0 Å². The second-order valence-corrected chi connectivity index (χ2v) is 5.83. The number of hydrogen-bond donors (Lipinski definition) is 2. The van der Waals surface area contributed by atoms with Crippen molar-refractivity contribution in [3.8, 4) is 11.1 Å². The van der Waals surface area contributed by atoms with E-state index in [1.54, 1.807) is 13.0 Å². The van der Waals surface area contributed by atoms with Crippen LogP contribution < -0.4 is 0 Å². The normalized spacial score (nSPS) is 12.8. The van der Waals surface area contributed by atoms with Crippen molar-refractivity contribution in [2.24, 2.45) is 0 Å². The van der Waals surface area contributed by atoms with Gasteiger partial charge in [-0.05, 0) is 41.8 Å². The molecule has 2 rings (SSSR count). The molecule has 0 aliphatic heterocycles. The topological polar surface area (TPSA) is 66.8 Å². The Morgan fingerprint density at radius 3 is 2.21 bits per heavy atom.